The van der Waals surface area contributed by atoms with Gasteiger partial charge < -0.3 is 15.1 Å². The molecule has 3 fully saturated rings. The van der Waals surface area contributed by atoms with E-state index in [1.54, 1.807) is 0 Å². The van der Waals surface area contributed by atoms with Crippen LogP contribution >= 0.6 is 0 Å². The van der Waals surface area contributed by atoms with E-state index in [-0.39, 0.29) is 24.4 Å². The minimum atomic E-state index is -0.299. The van der Waals surface area contributed by atoms with E-state index in [4.69, 9.17) is 0 Å². The van der Waals surface area contributed by atoms with Crippen molar-refractivity contribution in [1.29, 1.82) is 0 Å². The Hall–Kier alpha value is -1.63. The SMILES string of the molecule is CC1CCN(C(=O)C2CCCN(CCN3C(=O)CNC3=O)C2)CC1. The van der Waals surface area contributed by atoms with Crippen LogP contribution in [-0.4, -0.2) is 78.4 Å². The largest absolute Gasteiger partial charge is 0.342 e. The average Bonchev–Trinajstić information content (AvgIpc) is 2.91. The molecule has 3 saturated heterocycles. The highest BCUT2D eigenvalue weighted by Gasteiger charge is 2.32. The molecule has 134 valence electrons. The van der Waals surface area contributed by atoms with Gasteiger partial charge in [0.15, 0.2) is 0 Å². The van der Waals surface area contributed by atoms with E-state index >= 15 is 0 Å². The Labute approximate surface area is 143 Å². The van der Waals surface area contributed by atoms with Crippen LogP contribution in [0, 0.1) is 11.8 Å². The topological polar surface area (TPSA) is 73.0 Å². The van der Waals surface area contributed by atoms with Gasteiger partial charge in [0, 0.05) is 32.7 Å². The van der Waals surface area contributed by atoms with E-state index in [2.05, 4.69) is 17.1 Å². The molecule has 0 saturated carbocycles. The number of nitrogens with zero attached hydrogens (tertiary/aromatic N) is 3. The van der Waals surface area contributed by atoms with Crippen LogP contribution < -0.4 is 5.32 Å². The zero-order valence-corrected chi connectivity index (χ0v) is 14.5. The predicted octanol–water partition coefficient (Wildman–Crippen LogP) is 0.509. The van der Waals surface area contributed by atoms with Crippen molar-refractivity contribution < 1.29 is 14.4 Å². The molecular weight excluding hydrogens is 308 g/mol. The van der Waals surface area contributed by atoms with Gasteiger partial charge >= 0.3 is 6.03 Å². The van der Waals surface area contributed by atoms with Crippen LogP contribution in [0.3, 0.4) is 0 Å². The minimum Gasteiger partial charge on any atom is -0.342 e. The van der Waals surface area contributed by atoms with Gasteiger partial charge in [0.2, 0.25) is 11.8 Å². The first-order valence-corrected chi connectivity index (χ1v) is 9.14. The van der Waals surface area contributed by atoms with E-state index < -0.39 is 0 Å². The third-order valence-electron chi connectivity index (χ3n) is 5.53. The standard InChI is InChI=1S/C17H28N4O3/c1-13-4-7-20(8-5-13)16(23)14-3-2-6-19(12-14)9-10-21-15(22)11-18-17(21)24/h13-14H,2-12H2,1H3,(H,18,24). The number of carbonyl (C=O) groups excluding carboxylic acids is 3. The van der Waals surface area contributed by atoms with Crippen molar-refractivity contribution in [2.45, 2.75) is 32.6 Å². The number of carbonyl (C=O) groups is 3. The summed E-state index contributed by atoms with van der Waals surface area (Å²) in [6.07, 6.45) is 4.16. The highest BCUT2D eigenvalue weighted by Crippen LogP contribution is 2.23. The van der Waals surface area contributed by atoms with Crippen molar-refractivity contribution in [1.82, 2.24) is 20.0 Å². The Bertz CT molecular complexity index is 486. The molecule has 0 aromatic heterocycles. The summed E-state index contributed by atoms with van der Waals surface area (Å²) >= 11 is 0. The van der Waals surface area contributed by atoms with Crippen LogP contribution in [0.2, 0.25) is 0 Å². The van der Waals surface area contributed by atoms with Gasteiger partial charge in [-0.25, -0.2) is 4.79 Å². The maximum atomic E-state index is 12.7. The van der Waals surface area contributed by atoms with Gasteiger partial charge in [-0.3, -0.25) is 14.5 Å². The molecule has 3 aliphatic heterocycles. The summed E-state index contributed by atoms with van der Waals surface area (Å²) < 4.78 is 0. The Morgan fingerprint density at radius 1 is 1.12 bits per heavy atom. The molecule has 3 heterocycles. The summed E-state index contributed by atoms with van der Waals surface area (Å²) in [7, 11) is 0. The highest BCUT2D eigenvalue weighted by atomic mass is 16.2. The number of hydrogen-bond acceptors (Lipinski definition) is 4. The molecule has 1 N–H and O–H groups in total. The number of urea groups is 1. The van der Waals surface area contributed by atoms with E-state index in [1.807, 2.05) is 4.90 Å². The lowest BCUT2D eigenvalue weighted by Gasteiger charge is -2.37. The van der Waals surface area contributed by atoms with Crippen molar-refractivity contribution >= 4 is 17.8 Å². The Morgan fingerprint density at radius 2 is 1.88 bits per heavy atom. The molecule has 24 heavy (non-hydrogen) atoms. The Balaban J connectivity index is 1.48. The molecule has 0 aromatic carbocycles. The molecule has 0 bridgehead atoms. The first-order chi connectivity index (χ1) is 11.5. The normalized spacial score (nSPS) is 26.8. The van der Waals surface area contributed by atoms with Gasteiger partial charge in [0.1, 0.15) is 0 Å². The molecule has 1 atom stereocenters. The fourth-order valence-electron chi connectivity index (χ4n) is 3.87. The van der Waals surface area contributed by atoms with Gasteiger partial charge in [-0.15, -0.1) is 0 Å². The lowest BCUT2D eigenvalue weighted by atomic mass is 9.93. The molecule has 0 radical (unpaired) electrons. The molecule has 0 aliphatic carbocycles. The molecule has 7 nitrogen and oxygen atoms in total. The average molecular weight is 336 g/mol. The molecule has 0 spiro atoms. The van der Waals surface area contributed by atoms with Gasteiger partial charge in [-0.1, -0.05) is 6.92 Å². The summed E-state index contributed by atoms with van der Waals surface area (Å²) in [6.45, 7) is 6.87. The van der Waals surface area contributed by atoms with Gasteiger partial charge in [0.05, 0.1) is 12.5 Å². The number of likely N-dealkylation sites (tertiary alicyclic amines) is 2. The number of piperidine rings is 2. The van der Waals surface area contributed by atoms with Crippen molar-refractivity contribution in [3.63, 3.8) is 0 Å². The fraction of sp³-hybridized carbons (Fsp3) is 0.824. The van der Waals surface area contributed by atoms with Crippen LogP contribution in [0.15, 0.2) is 0 Å². The van der Waals surface area contributed by atoms with Crippen LogP contribution in [0.1, 0.15) is 32.6 Å². The Morgan fingerprint density at radius 3 is 2.54 bits per heavy atom. The zero-order valence-electron chi connectivity index (χ0n) is 14.5. The van der Waals surface area contributed by atoms with E-state index in [1.165, 1.54) is 4.90 Å². The molecule has 1 unspecified atom stereocenters. The summed E-state index contributed by atoms with van der Waals surface area (Å²) in [4.78, 5) is 41.5. The van der Waals surface area contributed by atoms with E-state index in [9.17, 15) is 14.4 Å². The third-order valence-corrected chi connectivity index (χ3v) is 5.53. The molecule has 7 heteroatoms. The quantitative estimate of drug-likeness (QED) is 0.759. The monoisotopic (exact) mass is 336 g/mol. The van der Waals surface area contributed by atoms with E-state index in [0.29, 0.717) is 19.0 Å². The maximum absolute atomic E-state index is 12.7. The lowest BCUT2D eigenvalue weighted by molar-refractivity contribution is -0.139. The zero-order chi connectivity index (χ0) is 17.1. The van der Waals surface area contributed by atoms with Crippen molar-refractivity contribution in [3.05, 3.63) is 0 Å². The lowest BCUT2D eigenvalue weighted by Crippen LogP contribution is -2.48. The summed E-state index contributed by atoms with van der Waals surface area (Å²) in [5.41, 5.74) is 0. The summed E-state index contributed by atoms with van der Waals surface area (Å²) in [6, 6.07) is -0.299. The maximum Gasteiger partial charge on any atom is 0.324 e. The molecule has 0 aromatic rings. The number of hydrogen-bond donors (Lipinski definition) is 1. The highest BCUT2D eigenvalue weighted by molar-refractivity contribution is 6.01. The number of amides is 4. The molecule has 4 amide bonds. The Kier molecular flexibility index (Phi) is 5.38. The van der Waals surface area contributed by atoms with E-state index in [0.717, 1.165) is 57.8 Å². The van der Waals surface area contributed by atoms with Crippen LogP contribution in [-0.2, 0) is 9.59 Å². The van der Waals surface area contributed by atoms with Crippen LogP contribution in [0.25, 0.3) is 0 Å². The predicted molar refractivity (Wildman–Crippen MR) is 89.3 cm³/mol. The number of nitrogens with one attached hydrogen (secondary N) is 1. The summed E-state index contributed by atoms with van der Waals surface area (Å²) in [5, 5.41) is 2.54. The fourth-order valence-corrected chi connectivity index (χ4v) is 3.87. The minimum absolute atomic E-state index is 0.0651. The second-order valence-corrected chi connectivity index (χ2v) is 7.35. The molecule has 3 aliphatic rings. The number of rotatable bonds is 4. The second-order valence-electron chi connectivity index (χ2n) is 7.35. The third kappa shape index (κ3) is 3.88. The first kappa shape index (κ1) is 17.2. The van der Waals surface area contributed by atoms with Crippen molar-refractivity contribution in [2.24, 2.45) is 11.8 Å². The molecule has 3 rings (SSSR count). The van der Waals surface area contributed by atoms with Crippen molar-refractivity contribution in [3.8, 4) is 0 Å². The van der Waals surface area contributed by atoms with Gasteiger partial charge in [-0.2, -0.15) is 0 Å². The first-order valence-electron chi connectivity index (χ1n) is 9.14. The van der Waals surface area contributed by atoms with Gasteiger partial charge in [-0.05, 0) is 38.1 Å². The van der Waals surface area contributed by atoms with Crippen LogP contribution in [0.4, 0.5) is 4.79 Å². The second kappa shape index (κ2) is 7.51. The smallest absolute Gasteiger partial charge is 0.324 e. The van der Waals surface area contributed by atoms with Gasteiger partial charge in [0.25, 0.3) is 0 Å². The number of imide groups is 1. The summed E-state index contributed by atoms with van der Waals surface area (Å²) in [5.74, 6) is 0.921. The molecular formula is C17H28N4O3. The van der Waals surface area contributed by atoms with Crippen molar-refractivity contribution in [2.75, 3.05) is 45.8 Å². The van der Waals surface area contributed by atoms with Crippen LogP contribution in [0.5, 0.6) is 0 Å².